The largest absolute Gasteiger partial charge is 0.454 e. The Hall–Kier alpha value is -2.62. The Balaban J connectivity index is 1.59. The Morgan fingerprint density at radius 1 is 0.962 bits per heavy atom. The Morgan fingerprint density at radius 3 is 2.42 bits per heavy atom. The van der Waals surface area contributed by atoms with Gasteiger partial charge in [-0.3, -0.25) is 4.79 Å². The lowest BCUT2D eigenvalue weighted by molar-refractivity contribution is 0.0252. The molecule has 2 aromatic rings. The number of hydrogen-bond donors (Lipinski definition) is 0. The van der Waals surface area contributed by atoms with Gasteiger partial charge in [-0.25, -0.2) is 4.79 Å². The molecule has 2 heterocycles. The van der Waals surface area contributed by atoms with Crippen LogP contribution in [0.4, 0.5) is 0 Å². The quantitative estimate of drug-likeness (QED) is 0.765. The number of nitrogens with zero attached hydrogens (tertiary/aromatic N) is 1. The molecule has 0 bridgehead atoms. The highest BCUT2D eigenvalue weighted by atomic mass is 16.5. The van der Waals surface area contributed by atoms with Crippen molar-refractivity contribution in [3.63, 3.8) is 0 Å². The van der Waals surface area contributed by atoms with E-state index in [2.05, 4.69) is 0 Å². The molecular formula is C22H23NO3. The maximum absolute atomic E-state index is 12.9. The average molecular weight is 349 g/mol. The fraction of sp³-hybridized carbons (Fsp3) is 0.364. The Bertz CT molecular complexity index is 807. The summed E-state index contributed by atoms with van der Waals surface area (Å²) in [5.74, 6) is -0.237. The molecule has 0 aliphatic carbocycles. The molecule has 26 heavy (non-hydrogen) atoms. The van der Waals surface area contributed by atoms with Crippen LogP contribution in [0.1, 0.15) is 63.6 Å². The second-order valence-corrected chi connectivity index (χ2v) is 7.09. The topological polar surface area (TPSA) is 46.6 Å². The van der Waals surface area contributed by atoms with Crippen molar-refractivity contribution in [3.8, 4) is 0 Å². The molecule has 0 radical (unpaired) electrons. The van der Waals surface area contributed by atoms with Crippen LogP contribution in [-0.2, 0) is 11.2 Å². The highest BCUT2D eigenvalue weighted by Gasteiger charge is 2.28. The van der Waals surface area contributed by atoms with E-state index in [1.165, 1.54) is 12.8 Å². The van der Waals surface area contributed by atoms with Gasteiger partial charge in [0.05, 0.1) is 5.56 Å². The monoisotopic (exact) mass is 349 g/mol. The summed E-state index contributed by atoms with van der Waals surface area (Å²) in [5, 5.41) is 0. The van der Waals surface area contributed by atoms with Gasteiger partial charge in [-0.15, -0.1) is 0 Å². The summed E-state index contributed by atoms with van der Waals surface area (Å²) >= 11 is 0. The van der Waals surface area contributed by atoms with Crippen molar-refractivity contribution in [2.24, 2.45) is 0 Å². The third kappa shape index (κ3) is 3.36. The van der Waals surface area contributed by atoms with E-state index >= 15 is 0 Å². The zero-order valence-corrected chi connectivity index (χ0v) is 14.8. The number of likely N-dealkylation sites (tertiary alicyclic amines) is 1. The van der Waals surface area contributed by atoms with Gasteiger partial charge in [-0.05, 0) is 42.2 Å². The summed E-state index contributed by atoms with van der Waals surface area (Å²) in [4.78, 5) is 27.2. The van der Waals surface area contributed by atoms with E-state index in [1.54, 1.807) is 12.1 Å². The number of rotatable bonds is 2. The van der Waals surface area contributed by atoms with E-state index in [-0.39, 0.29) is 18.0 Å². The van der Waals surface area contributed by atoms with Gasteiger partial charge in [-0.2, -0.15) is 0 Å². The molecule has 134 valence electrons. The van der Waals surface area contributed by atoms with Gasteiger partial charge < -0.3 is 9.64 Å². The smallest absolute Gasteiger partial charge is 0.339 e. The molecule has 1 amide bonds. The van der Waals surface area contributed by atoms with Gasteiger partial charge in [0.25, 0.3) is 5.91 Å². The van der Waals surface area contributed by atoms with Crippen LogP contribution in [0.2, 0.25) is 0 Å². The van der Waals surface area contributed by atoms with E-state index in [4.69, 9.17) is 4.74 Å². The van der Waals surface area contributed by atoms with Crippen LogP contribution >= 0.6 is 0 Å². The van der Waals surface area contributed by atoms with E-state index < -0.39 is 0 Å². The average Bonchev–Trinajstić information content (AvgIpc) is 2.97. The molecule has 2 aliphatic heterocycles. The molecule has 0 N–H and O–H groups in total. The van der Waals surface area contributed by atoms with Crippen LogP contribution < -0.4 is 0 Å². The summed E-state index contributed by atoms with van der Waals surface area (Å²) in [5.41, 5.74) is 3.13. The van der Waals surface area contributed by atoms with Gasteiger partial charge in [0.15, 0.2) is 0 Å². The Morgan fingerprint density at radius 2 is 1.69 bits per heavy atom. The van der Waals surface area contributed by atoms with Crippen LogP contribution in [0.5, 0.6) is 0 Å². The number of benzene rings is 2. The number of carbonyl (C=O) groups is 2. The van der Waals surface area contributed by atoms with Crippen LogP contribution in [-0.4, -0.2) is 29.9 Å². The van der Waals surface area contributed by atoms with Crippen LogP contribution in [0.25, 0.3) is 0 Å². The van der Waals surface area contributed by atoms with E-state index in [9.17, 15) is 9.59 Å². The first-order valence-electron chi connectivity index (χ1n) is 9.40. The molecule has 0 aromatic heterocycles. The SMILES string of the molecule is O=C1O[C@@H](c2ccccc2)Cc2cc(C(=O)N3CCCCCC3)ccc21. The molecular weight excluding hydrogens is 326 g/mol. The van der Waals surface area contributed by atoms with Gasteiger partial charge in [0, 0.05) is 25.1 Å². The van der Waals surface area contributed by atoms with E-state index in [0.717, 1.165) is 37.1 Å². The molecule has 4 nitrogen and oxygen atoms in total. The predicted octanol–water partition coefficient (Wildman–Crippen LogP) is 4.16. The van der Waals surface area contributed by atoms with Gasteiger partial charge in [0.2, 0.25) is 0 Å². The normalized spacial score (nSPS) is 20.1. The lowest BCUT2D eigenvalue weighted by Gasteiger charge is -2.26. The molecule has 0 unspecified atom stereocenters. The lowest BCUT2D eigenvalue weighted by atomic mass is 9.93. The minimum absolute atomic E-state index is 0.0740. The molecule has 1 atom stereocenters. The second kappa shape index (κ2) is 7.32. The van der Waals surface area contributed by atoms with E-state index in [0.29, 0.717) is 17.5 Å². The molecule has 4 heteroatoms. The minimum Gasteiger partial charge on any atom is -0.454 e. The predicted molar refractivity (Wildman–Crippen MR) is 99.1 cm³/mol. The van der Waals surface area contributed by atoms with Crippen molar-refractivity contribution in [3.05, 3.63) is 70.8 Å². The zero-order valence-electron chi connectivity index (χ0n) is 14.8. The van der Waals surface area contributed by atoms with Crippen LogP contribution in [0, 0.1) is 0 Å². The summed E-state index contributed by atoms with van der Waals surface area (Å²) in [7, 11) is 0. The Kier molecular flexibility index (Phi) is 4.74. The summed E-state index contributed by atoms with van der Waals surface area (Å²) in [6, 6.07) is 15.2. The molecule has 2 aromatic carbocycles. The van der Waals surface area contributed by atoms with Crippen molar-refractivity contribution in [1.29, 1.82) is 0 Å². The maximum atomic E-state index is 12.9. The van der Waals surface area contributed by atoms with Crippen LogP contribution in [0.3, 0.4) is 0 Å². The van der Waals surface area contributed by atoms with Gasteiger partial charge in [0.1, 0.15) is 6.10 Å². The zero-order chi connectivity index (χ0) is 17.9. The highest BCUT2D eigenvalue weighted by Crippen LogP contribution is 2.31. The number of esters is 1. The minimum atomic E-state index is -0.311. The number of ether oxygens (including phenoxy) is 1. The van der Waals surface area contributed by atoms with Crippen molar-refractivity contribution < 1.29 is 14.3 Å². The molecule has 0 saturated carbocycles. The first kappa shape index (κ1) is 16.8. The second-order valence-electron chi connectivity index (χ2n) is 7.09. The van der Waals surface area contributed by atoms with Crippen molar-refractivity contribution in [2.45, 2.75) is 38.2 Å². The molecule has 4 rings (SSSR count). The number of fused-ring (bicyclic) bond motifs is 1. The molecule has 2 aliphatic rings. The summed E-state index contributed by atoms with van der Waals surface area (Å²) in [6.45, 7) is 1.65. The molecule has 1 fully saturated rings. The highest BCUT2D eigenvalue weighted by molar-refractivity contribution is 5.97. The van der Waals surface area contributed by atoms with Crippen molar-refractivity contribution >= 4 is 11.9 Å². The number of hydrogen-bond acceptors (Lipinski definition) is 3. The van der Waals surface area contributed by atoms with Crippen LogP contribution in [0.15, 0.2) is 48.5 Å². The van der Waals surface area contributed by atoms with Gasteiger partial charge >= 0.3 is 5.97 Å². The summed E-state index contributed by atoms with van der Waals surface area (Å²) in [6.07, 6.45) is 4.83. The van der Waals surface area contributed by atoms with Gasteiger partial charge in [-0.1, -0.05) is 43.2 Å². The lowest BCUT2D eigenvalue weighted by Crippen LogP contribution is -2.32. The van der Waals surface area contributed by atoms with Crippen molar-refractivity contribution in [1.82, 2.24) is 4.90 Å². The fourth-order valence-corrected chi connectivity index (χ4v) is 3.84. The Labute approximate surface area is 153 Å². The first-order valence-corrected chi connectivity index (χ1v) is 9.40. The third-order valence-electron chi connectivity index (χ3n) is 5.29. The fourth-order valence-electron chi connectivity index (χ4n) is 3.84. The van der Waals surface area contributed by atoms with Crippen molar-refractivity contribution in [2.75, 3.05) is 13.1 Å². The summed E-state index contributed by atoms with van der Waals surface area (Å²) < 4.78 is 5.60. The number of cyclic esters (lactones) is 1. The first-order chi connectivity index (χ1) is 12.7. The molecule has 1 saturated heterocycles. The maximum Gasteiger partial charge on any atom is 0.339 e. The number of amides is 1. The number of carbonyl (C=O) groups excluding carboxylic acids is 2. The molecule has 0 spiro atoms. The standard InChI is InChI=1S/C22H23NO3/c24-21(23-12-6-1-2-7-13-23)17-10-11-19-18(14-17)15-20(26-22(19)25)16-8-4-3-5-9-16/h3-5,8-11,14,20H,1-2,6-7,12-13,15H2/t20-/m1/s1. The third-order valence-corrected chi connectivity index (χ3v) is 5.29. The van der Waals surface area contributed by atoms with E-state index in [1.807, 2.05) is 41.3 Å².